The predicted octanol–water partition coefficient (Wildman–Crippen LogP) is 5.86. The highest BCUT2D eigenvalue weighted by Gasteiger charge is 2.19. The molecule has 0 fully saturated rings. The van der Waals surface area contributed by atoms with Crippen molar-refractivity contribution < 1.29 is 4.74 Å². The summed E-state index contributed by atoms with van der Waals surface area (Å²) in [5.41, 5.74) is 6.23. The molecule has 3 aromatic rings. The van der Waals surface area contributed by atoms with Crippen LogP contribution in [-0.2, 0) is 12.0 Å². The maximum absolute atomic E-state index is 6.39. The Kier molecular flexibility index (Phi) is 7.10. The van der Waals surface area contributed by atoms with Gasteiger partial charge in [0.05, 0.1) is 0 Å². The zero-order chi connectivity index (χ0) is 21.7. The van der Waals surface area contributed by atoms with Crippen LogP contribution in [0.15, 0.2) is 65.7 Å². The Morgan fingerprint density at radius 2 is 1.67 bits per heavy atom. The van der Waals surface area contributed by atoms with Gasteiger partial charge in [-0.15, -0.1) is 0 Å². The van der Waals surface area contributed by atoms with Crippen LogP contribution in [0.25, 0.3) is 0 Å². The van der Waals surface area contributed by atoms with Gasteiger partial charge in [-0.05, 0) is 53.4 Å². The molecule has 0 heterocycles. The molecule has 0 aliphatic rings. The first-order valence-electron chi connectivity index (χ1n) is 10.4. The lowest BCUT2D eigenvalue weighted by atomic mass is 9.86. The summed E-state index contributed by atoms with van der Waals surface area (Å²) in [6.45, 7) is 11.7. The van der Waals surface area contributed by atoms with Gasteiger partial charge in [0.2, 0.25) is 0 Å². The molecule has 0 spiro atoms. The average Bonchev–Trinajstić information content (AvgIpc) is 2.69. The van der Waals surface area contributed by atoms with Gasteiger partial charge in [-0.2, -0.15) is 0 Å². The topological polar surface area (TPSA) is 21.6 Å². The molecule has 0 N–H and O–H groups in total. The molecular weight excluding hydrogens is 385 g/mol. The Balaban J connectivity index is 2.03. The van der Waals surface area contributed by atoms with Gasteiger partial charge < -0.3 is 4.74 Å². The van der Waals surface area contributed by atoms with E-state index in [0.29, 0.717) is 15.2 Å². The minimum atomic E-state index is 0.0862. The molecule has 0 saturated carbocycles. The Morgan fingerprint density at radius 3 is 2.33 bits per heavy atom. The molecule has 2 nitrogen and oxygen atoms in total. The number of hydrogen-bond acceptors (Lipinski definition) is 2. The molecular formula is C27H32NOP. The summed E-state index contributed by atoms with van der Waals surface area (Å²) >= 11 is 0. The highest BCUT2D eigenvalue weighted by molar-refractivity contribution is 7.56. The maximum atomic E-state index is 6.39. The van der Waals surface area contributed by atoms with Crippen molar-refractivity contribution in [1.29, 1.82) is 0 Å². The summed E-state index contributed by atoms with van der Waals surface area (Å²) in [7, 11) is 2.33. The second-order valence-corrected chi connectivity index (χ2v) is 10.1. The Bertz CT molecular complexity index is 1030. The van der Waals surface area contributed by atoms with E-state index in [1.54, 1.807) is 0 Å². The third-order valence-electron chi connectivity index (χ3n) is 5.11. The smallest absolute Gasteiger partial charge is 0.130 e. The summed E-state index contributed by atoms with van der Waals surface area (Å²) in [5.74, 6) is 1.00. The number of hydrogen-bond donors (Lipinski definition) is 0. The van der Waals surface area contributed by atoms with Crippen molar-refractivity contribution in [3.8, 4) is 5.75 Å². The van der Waals surface area contributed by atoms with Crippen molar-refractivity contribution >= 4 is 25.4 Å². The molecule has 0 aliphatic heterocycles. The van der Waals surface area contributed by atoms with Crippen LogP contribution in [0.3, 0.4) is 0 Å². The van der Waals surface area contributed by atoms with Gasteiger partial charge in [0.25, 0.3) is 0 Å². The van der Waals surface area contributed by atoms with Gasteiger partial charge in [-0.25, -0.2) is 0 Å². The molecule has 0 amide bonds. The van der Waals surface area contributed by atoms with Gasteiger partial charge in [0, 0.05) is 24.1 Å². The normalized spacial score (nSPS) is 12.2. The average molecular weight is 418 g/mol. The first-order chi connectivity index (χ1) is 14.3. The van der Waals surface area contributed by atoms with Crippen molar-refractivity contribution in [1.82, 2.24) is 0 Å². The zero-order valence-electron chi connectivity index (χ0n) is 18.9. The van der Waals surface area contributed by atoms with Gasteiger partial charge in [-0.3, -0.25) is 4.99 Å². The van der Waals surface area contributed by atoms with E-state index < -0.39 is 0 Å². The third-order valence-corrected chi connectivity index (χ3v) is 6.48. The highest BCUT2D eigenvalue weighted by Crippen LogP contribution is 2.31. The lowest BCUT2D eigenvalue weighted by Gasteiger charge is -2.24. The van der Waals surface area contributed by atoms with Crippen LogP contribution in [0, 0.1) is 13.8 Å². The second-order valence-electron chi connectivity index (χ2n) is 8.80. The fourth-order valence-electron chi connectivity index (χ4n) is 3.41. The Morgan fingerprint density at radius 1 is 0.933 bits per heavy atom. The van der Waals surface area contributed by atoms with E-state index in [0.717, 1.165) is 5.75 Å². The van der Waals surface area contributed by atoms with E-state index in [1.807, 2.05) is 19.3 Å². The molecule has 0 aliphatic carbocycles. The van der Waals surface area contributed by atoms with Gasteiger partial charge in [0.15, 0.2) is 0 Å². The minimum absolute atomic E-state index is 0.0862. The standard InChI is InChI=1S/C27H32NOP/c1-19-12-13-24(22(14-19)17-28-6)30-25-16-23(27(3,4)5)15-20(2)26(25)29-18-21-10-8-7-9-11-21/h7-17,30H,18H2,1-6H3/b28-17+. The summed E-state index contributed by atoms with van der Waals surface area (Å²) in [6.07, 6.45) is 1.96. The van der Waals surface area contributed by atoms with E-state index in [-0.39, 0.29) is 5.41 Å². The van der Waals surface area contributed by atoms with Gasteiger partial charge in [-0.1, -0.05) is 83.4 Å². The molecule has 0 radical (unpaired) electrons. The van der Waals surface area contributed by atoms with Crippen LogP contribution >= 0.6 is 8.58 Å². The Hall–Kier alpha value is -2.44. The molecule has 0 bridgehead atoms. The lowest BCUT2D eigenvalue weighted by molar-refractivity contribution is 0.306. The number of nitrogens with zero attached hydrogens (tertiary/aromatic N) is 1. The molecule has 3 rings (SSSR count). The van der Waals surface area contributed by atoms with Crippen molar-refractivity contribution in [3.63, 3.8) is 0 Å². The largest absolute Gasteiger partial charge is 0.488 e. The molecule has 156 valence electrons. The van der Waals surface area contributed by atoms with E-state index >= 15 is 0 Å². The number of ether oxygens (including phenoxy) is 1. The van der Waals surface area contributed by atoms with E-state index in [2.05, 4.69) is 94.2 Å². The number of aryl methyl sites for hydroxylation is 2. The first kappa shape index (κ1) is 22.2. The zero-order valence-corrected chi connectivity index (χ0v) is 19.9. The molecule has 3 aromatic carbocycles. The highest BCUT2D eigenvalue weighted by atomic mass is 31.1. The minimum Gasteiger partial charge on any atom is -0.488 e. The number of aliphatic imine (C=N–C) groups is 1. The Labute approximate surface area is 183 Å². The predicted molar refractivity (Wildman–Crippen MR) is 133 cm³/mol. The monoisotopic (exact) mass is 417 g/mol. The first-order valence-corrected chi connectivity index (χ1v) is 11.4. The van der Waals surface area contributed by atoms with Crippen molar-refractivity contribution in [2.24, 2.45) is 4.99 Å². The van der Waals surface area contributed by atoms with Crippen molar-refractivity contribution in [2.45, 2.75) is 46.6 Å². The summed E-state index contributed by atoms with van der Waals surface area (Å²) in [5, 5.41) is 2.55. The fraction of sp³-hybridized carbons (Fsp3) is 0.296. The summed E-state index contributed by atoms with van der Waals surface area (Å²) in [6, 6.07) is 21.6. The fourth-order valence-corrected chi connectivity index (χ4v) is 4.76. The van der Waals surface area contributed by atoms with Crippen LogP contribution in [0.5, 0.6) is 5.75 Å². The van der Waals surface area contributed by atoms with E-state index in [9.17, 15) is 0 Å². The van der Waals surface area contributed by atoms with Gasteiger partial charge in [0.1, 0.15) is 12.4 Å². The quantitative estimate of drug-likeness (QED) is 0.364. The van der Waals surface area contributed by atoms with Gasteiger partial charge >= 0.3 is 0 Å². The van der Waals surface area contributed by atoms with E-state index in [4.69, 9.17) is 4.74 Å². The van der Waals surface area contributed by atoms with Crippen LogP contribution in [0.4, 0.5) is 0 Å². The van der Waals surface area contributed by atoms with Crippen LogP contribution in [-0.4, -0.2) is 13.3 Å². The maximum Gasteiger partial charge on any atom is 0.130 e. The van der Waals surface area contributed by atoms with Crippen LogP contribution in [0.1, 0.15) is 48.6 Å². The molecule has 1 unspecified atom stereocenters. The van der Waals surface area contributed by atoms with Crippen molar-refractivity contribution in [3.05, 3.63) is 88.5 Å². The van der Waals surface area contributed by atoms with Crippen LogP contribution in [0.2, 0.25) is 0 Å². The van der Waals surface area contributed by atoms with Crippen LogP contribution < -0.4 is 15.3 Å². The summed E-state index contributed by atoms with van der Waals surface area (Å²) in [4.78, 5) is 4.27. The third kappa shape index (κ3) is 5.58. The molecule has 0 aromatic heterocycles. The number of benzene rings is 3. The second kappa shape index (κ2) is 9.58. The lowest BCUT2D eigenvalue weighted by Crippen LogP contribution is -2.18. The van der Waals surface area contributed by atoms with E-state index in [1.165, 1.54) is 38.4 Å². The van der Waals surface area contributed by atoms with Crippen molar-refractivity contribution in [2.75, 3.05) is 7.05 Å². The molecule has 30 heavy (non-hydrogen) atoms. The number of rotatable bonds is 6. The molecule has 3 heteroatoms. The molecule has 0 saturated heterocycles. The molecule has 1 atom stereocenters. The summed E-state index contributed by atoms with van der Waals surface area (Å²) < 4.78 is 6.39. The SMILES string of the molecule is C/N=C/c1cc(C)ccc1Pc1cc(C(C)(C)C)cc(C)c1OCc1ccccc1.